The summed E-state index contributed by atoms with van der Waals surface area (Å²) in [5, 5.41) is 8.48. The van der Waals surface area contributed by atoms with Crippen LogP contribution in [-0.2, 0) is 0 Å². The molecule has 2 atom stereocenters. The van der Waals surface area contributed by atoms with Crippen molar-refractivity contribution in [3.05, 3.63) is 16.1 Å². The second kappa shape index (κ2) is 6.91. The van der Waals surface area contributed by atoms with Gasteiger partial charge in [0.25, 0.3) is 0 Å². The van der Waals surface area contributed by atoms with Gasteiger partial charge < -0.3 is 10.6 Å². The zero-order valence-corrected chi connectivity index (χ0v) is 13.5. The van der Waals surface area contributed by atoms with E-state index in [1.807, 2.05) is 18.7 Å². The fourth-order valence-corrected chi connectivity index (χ4v) is 3.61. The molecule has 0 spiro atoms. The lowest BCUT2D eigenvalue weighted by Crippen LogP contribution is -2.17. The number of hydrogen-bond acceptors (Lipinski definition) is 4. The van der Waals surface area contributed by atoms with Gasteiger partial charge in [-0.25, -0.2) is 4.98 Å². The monoisotopic (exact) mass is 319 g/mol. The Kier molecular flexibility index (Phi) is 5.48. The van der Waals surface area contributed by atoms with E-state index in [0.29, 0.717) is 21.9 Å². The number of nitrogens with zero attached hydrogens (tertiary/aromatic N) is 1. The highest BCUT2D eigenvalue weighted by Crippen LogP contribution is 2.33. The van der Waals surface area contributed by atoms with E-state index in [1.54, 1.807) is 6.07 Å². The van der Waals surface area contributed by atoms with Gasteiger partial charge in [-0.05, 0) is 38.5 Å². The van der Waals surface area contributed by atoms with Crippen molar-refractivity contribution in [1.29, 1.82) is 0 Å². The first kappa shape index (κ1) is 15.1. The summed E-state index contributed by atoms with van der Waals surface area (Å²) in [5.41, 5.74) is 0. The molecular formula is C13H19Cl2N3S. The van der Waals surface area contributed by atoms with E-state index in [0.717, 1.165) is 17.6 Å². The van der Waals surface area contributed by atoms with Crippen molar-refractivity contribution in [3.8, 4) is 0 Å². The Morgan fingerprint density at radius 3 is 2.68 bits per heavy atom. The van der Waals surface area contributed by atoms with Crippen LogP contribution in [0.25, 0.3) is 0 Å². The molecule has 0 aliphatic heterocycles. The van der Waals surface area contributed by atoms with Gasteiger partial charge in [-0.2, -0.15) is 11.8 Å². The average molecular weight is 320 g/mol. The number of rotatable bonds is 5. The van der Waals surface area contributed by atoms with Gasteiger partial charge in [0.1, 0.15) is 11.6 Å². The van der Waals surface area contributed by atoms with Crippen LogP contribution in [0.5, 0.6) is 0 Å². The van der Waals surface area contributed by atoms with E-state index >= 15 is 0 Å². The molecule has 0 amide bonds. The minimum Gasteiger partial charge on any atom is -0.369 e. The van der Waals surface area contributed by atoms with Crippen molar-refractivity contribution in [2.45, 2.75) is 37.5 Å². The smallest absolute Gasteiger partial charge is 0.147 e. The quantitative estimate of drug-likeness (QED) is 0.836. The van der Waals surface area contributed by atoms with Crippen LogP contribution in [0.1, 0.15) is 26.2 Å². The standard InChI is InChI=1S/C13H19Cl2N3S/c1-3-16-12-10(14)7-11(15)13(18-12)17-8-4-5-9(6-8)19-2/h7-9H,3-6H2,1-2H3,(H2,16,17,18). The molecule has 106 valence electrons. The van der Waals surface area contributed by atoms with Crippen LogP contribution >= 0.6 is 35.0 Å². The summed E-state index contributed by atoms with van der Waals surface area (Å²) >= 11 is 14.2. The number of hydrogen-bond donors (Lipinski definition) is 2. The molecule has 1 heterocycles. The number of anilines is 2. The summed E-state index contributed by atoms with van der Waals surface area (Å²) in [7, 11) is 0. The zero-order valence-electron chi connectivity index (χ0n) is 11.2. The number of thioether (sulfide) groups is 1. The van der Waals surface area contributed by atoms with Crippen LogP contribution in [0, 0.1) is 0 Å². The molecule has 1 aromatic rings. The first-order chi connectivity index (χ1) is 9.13. The second-order valence-corrected chi connectivity index (χ2v) is 6.64. The third kappa shape index (κ3) is 3.83. The zero-order chi connectivity index (χ0) is 13.8. The van der Waals surface area contributed by atoms with Gasteiger partial charge in [0, 0.05) is 17.8 Å². The van der Waals surface area contributed by atoms with Gasteiger partial charge >= 0.3 is 0 Å². The molecule has 2 rings (SSSR count). The SMILES string of the molecule is CCNc1nc(NC2CCC(SC)C2)c(Cl)cc1Cl. The van der Waals surface area contributed by atoms with Crippen molar-refractivity contribution >= 4 is 46.6 Å². The maximum atomic E-state index is 6.21. The van der Waals surface area contributed by atoms with Crippen molar-refractivity contribution in [2.24, 2.45) is 0 Å². The highest BCUT2D eigenvalue weighted by molar-refractivity contribution is 7.99. The summed E-state index contributed by atoms with van der Waals surface area (Å²) in [5.74, 6) is 1.42. The Balaban J connectivity index is 2.09. The predicted octanol–water partition coefficient (Wildman–Crippen LogP) is 4.52. The van der Waals surface area contributed by atoms with Gasteiger partial charge in [0.05, 0.1) is 10.0 Å². The Bertz CT molecular complexity index is 442. The summed E-state index contributed by atoms with van der Waals surface area (Å²) < 4.78 is 0. The second-order valence-electron chi connectivity index (χ2n) is 4.69. The maximum Gasteiger partial charge on any atom is 0.147 e. The van der Waals surface area contributed by atoms with Gasteiger partial charge in [0.15, 0.2) is 0 Å². The number of halogens is 2. The fraction of sp³-hybridized carbons (Fsp3) is 0.615. The molecule has 0 saturated heterocycles. The normalized spacial score (nSPS) is 22.5. The Morgan fingerprint density at radius 1 is 1.32 bits per heavy atom. The lowest BCUT2D eigenvalue weighted by molar-refractivity contribution is 0.752. The molecule has 0 aromatic carbocycles. The fourth-order valence-electron chi connectivity index (χ4n) is 2.34. The van der Waals surface area contributed by atoms with Crippen LogP contribution in [0.15, 0.2) is 6.07 Å². The molecule has 1 aliphatic rings. The highest BCUT2D eigenvalue weighted by atomic mass is 35.5. The first-order valence-corrected chi connectivity index (χ1v) is 8.57. The molecule has 2 N–H and O–H groups in total. The van der Waals surface area contributed by atoms with Crippen LogP contribution in [0.3, 0.4) is 0 Å². The average Bonchev–Trinajstić information content (AvgIpc) is 2.83. The molecule has 1 aliphatic carbocycles. The van der Waals surface area contributed by atoms with Crippen molar-refractivity contribution in [2.75, 3.05) is 23.4 Å². The molecule has 1 aromatic heterocycles. The highest BCUT2D eigenvalue weighted by Gasteiger charge is 2.24. The van der Waals surface area contributed by atoms with E-state index in [9.17, 15) is 0 Å². The minimum absolute atomic E-state index is 0.457. The topological polar surface area (TPSA) is 37.0 Å². The summed E-state index contributed by atoms with van der Waals surface area (Å²) in [4.78, 5) is 4.48. The van der Waals surface area contributed by atoms with Crippen molar-refractivity contribution < 1.29 is 0 Å². The summed E-state index contributed by atoms with van der Waals surface area (Å²) in [6.45, 7) is 2.80. The third-order valence-corrected chi connectivity index (χ3v) is 5.00. The van der Waals surface area contributed by atoms with E-state index in [1.165, 1.54) is 19.3 Å². The largest absolute Gasteiger partial charge is 0.369 e. The molecule has 19 heavy (non-hydrogen) atoms. The first-order valence-electron chi connectivity index (χ1n) is 6.53. The van der Waals surface area contributed by atoms with E-state index < -0.39 is 0 Å². The minimum atomic E-state index is 0.457. The maximum absolute atomic E-state index is 6.21. The summed E-state index contributed by atoms with van der Waals surface area (Å²) in [6, 6.07) is 2.20. The molecule has 0 bridgehead atoms. The molecule has 6 heteroatoms. The van der Waals surface area contributed by atoms with Gasteiger partial charge in [-0.1, -0.05) is 23.2 Å². The molecule has 1 fully saturated rings. The summed E-state index contributed by atoms with van der Waals surface area (Å²) in [6.07, 6.45) is 5.76. The molecule has 1 saturated carbocycles. The number of aromatic nitrogens is 1. The van der Waals surface area contributed by atoms with E-state index in [-0.39, 0.29) is 0 Å². The molecule has 0 radical (unpaired) electrons. The van der Waals surface area contributed by atoms with Crippen molar-refractivity contribution in [3.63, 3.8) is 0 Å². The third-order valence-electron chi connectivity index (χ3n) is 3.33. The Labute approximate surface area is 128 Å². The Hall–Kier alpha value is -0.320. The van der Waals surface area contributed by atoms with E-state index in [2.05, 4.69) is 21.9 Å². The van der Waals surface area contributed by atoms with Crippen LogP contribution in [0.4, 0.5) is 11.6 Å². The van der Waals surface area contributed by atoms with Gasteiger partial charge in [0.2, 0.25) is 0 Å². The number of pyridine rings is 1. The van der Waals surface area contributed by atoms with Crippen molar-refractivity contribution in [1.82, 2.24) is 4.98 Å². The lowest BCUT2D eigenvalue weighted by Gasteiger charge is -2.16. The van der Waals surface area contributed by atoms with Crippen LogP contribution in [-0.4, -0.2) is 29.1 Å². The van der Waals surface area contributed by atoms with Crippen LogP contribution < -0.4 is 10.6 Å². The molecule has 2 unspecified atom stereocenters. The lowest BCUT2D eigenvalue weighted by atomic mass is 10.2. The van der Waals surface area contributed by atoms with Crippen LogP contribution in [0.2, 0.25) is 10.0 Å². The van der Waals surface area contributed by atoms with E-state index in [4.69, 9.17) is 23.2 Å². The Morgan fingerprint density at radius 2 is 2.05 bits per heavy atom. The molecular weight excluding hydrogens is 301 g/mol. The van der Waals surface area contributed by atoms with Gasteiger partial charge in [-0.15, -0.1) is 0 Å². The molecule has 3 nitrogen and oxygen atoms in total. The predicted molar refractivity (Wildman–Crippen MR) is 87.0 cm³/mol. The van der Waals surface area contributed by atoms with Gasteiger partial charge in [-0.3, -0.25) is 0 Å². The number of nitrogens with one attached hydrogen (secondary N) is 2.